The average molecular weight is 520 g/mol. The van der Waals surface area contributed by atoms with Gasteiger partial charge in [-0.25, -0.2) is 14.2 Å². The van der Waals surface area contributed by atoms with Crippen LogP contribution in [0.4, 0.5) is 15.2 Å². The quantitative estimate of drug-likeness (QED) is 0.218. The number of nitrogens with one attached hydrogen (secondary N) is 2. The number of fused-ring (bicyclic) bond motifs is 1. The van der Waals surface area contributed by atoms with Crippen LogP contribution < -0.4 is 10.6 Å². The number of aromatic nitrogens is 1. The van der Waals surface area contributed by atoms with E-state index in [-0.39, 0.29) is 5.92 Å². The minimum absolute atomic E-state index is 0.198. The van der Waals surface area contributed by atoms with Crippen molar-refractivity contribution in [2.45, 2.75) is 46.1 Å². The van der Waals surface area contributed by atoms with Crippen molar-refractivity contribution in [3.8, 4) is 11.1 Å². The van der Waals surface area contributed by atoms with E-state index in [2.05, 4.69) is 41.6 Å². The number of halogens is 1. The molecule has 192 valence electrons. The lowest BCUT2D eigenvalue weighted by atomic mass is 9.98. The number of thiazole rings is 1. The van der Waals surface area contributed by atoms with Gasteiger partial charge in [0.05, 0.1) is 15.9 Å². The zero-order valence-corrected chi connectivity index (χ0v) is 22.0. The average Bonchev–Trinajstić information content (AvgIpc) is 3.29. The van der Waals surface area contributed by atoms with Gasteiger partial charge in [-0.3, -0.25) is 4.79 Å². The fourth-order valence-corrected chi connectivity index (χ4v) is 4.91. The number of amides is 1. The molecule has 4 rings (SSSR count). The number of carboxylic acid groups (broad SMARTS) is 1. The molecule has 0 unspecified atom stereocenters. The third-order valence-electron chi connectivity index (χ3n) is 6.54. The Bertz CT molecular complexity index is 1430. The number of carbonyl (C=O) groups excluding carboxylic acids is 1. The van der Waals surface area contributed by atoms with E-state index < -0.39 is 23.7 Å². The summed E-state index contributed by atoms with van der Waals surface area (Å²) in [5.41, 5.74) is 4.17. The second-order valence-corrected chi connectivity index (χ2v) is 10.5. The van der Waals surface area contributed by atoms with E-state index in [1.165, 1.54) is 23.0 Å². The van der Waals surface area contributed by atoms with Crippen LogP contribution in [0, 0.1) is 11.7 Å². The summed E-state index contributed by atoms with van der Waals surface area (Å²) in [6, 6.07) is 16.8. The summed E-state index contributed by atoms with van der Waals surface area (Å²) in [5, 5.41) is 15.7. The Morgan fingerprint density at radius 1 is 1.00 bits per heavy atom. The van der Waals surface area contributed by atoms with Crippen LogP contribution in [0.1, 0.15) is 56.0 Å². The van der Waals surface area contributed by atoms with Gasteiger partial charge in [0.25, 0.3) is 5.91 Å². The smallest absolute Gasteiger partial charge is 0.326 e. The zero-order valence-electron chi connectivity index (χ0n) is 21.2. The maximum Gasteiger partial charge on any atom is 0.326 e. The van der Waals surface area contributed by atoms with Gasteiger partial charge >= 0.3 is 5.97 Å². The van der Waals surface area contributed by atoms with E-state index in [9.17, 15) is 19.1 Å². The summed E-state index contributed by atoms with van der Waals surface area (Å²) in [5.74, 6) is -1.71. The molecule has 8 heteroatoms. The van der Waals surface area contributed by atoms with Gasteiger partial charge in [0, 0.05) is 5.56 Å². The Morgan fingerprint density at radius 2 is 1.70 bits per heavy atom. The molecule has 1 heterocycles. The molecule has 3 N–H and O–H groups in total. The van der Waals surface area contributed by atoms with Crippen molar-refractivity contribution in [2.75, 3.05) is 5.32 Å². The molecule has 0 aliphatic heterocycles. The number of hydrogen-bond donors (Lipinski definition) is 3. The van der Waals surface area contributed by atoms with E-state index in [4.69, 9.17) is 0 Å². The topological polar surface area (TPSA) is 91.3 Å². The molecule has 1 aromatic heterocycles. The van der Waals surface area contributed by atoms with E-state index >= 15 is 0 Å². The highest BCUT2D eigenvalue weighted by molar-refractivity contribution is 7.22. The third kappa shape index (κ3) is 5.97. The minimum atomic E-state index is -1.06. The fraction of sp³-hybridized carbons (Fsp3) is 0.276. The number of carbonyl (C=O) groups is 2. The maximum absolute atomic E-state index is 15.0. The highest BCUT2D eigenvalue weighted by Crippen LogP contribution is 2.32. The number of benzene rings is 3. The molecule has 0 saturated heterocycles. The molecular weight excluding hydrogens is 489 g/mol. The van der Waals surface area contributed by atoms with Gasteiger partial charge in [0.2, 0.25) is 0 Å². The number of rotatable bonds is 9. The molecule has 37 heavy (non-hydrogen) atoms. The van der Waals surface area contributed by atoms with Gasteiger partial charge in [-0.05, 0) is 64.9 Å². The minimum Gasteiger partial charge on any atom is -0.480 e. The first-order valence-corrected chi connectivity index (χ1v) is 13.1. The number of hydrogen-bond acceptors (Lipinski definition) is 5. The molecule has 6 nitrogen and oxygen atoms in total. The summed E-state index contributed by atoms with van der Waals surface area (Å²) < 4.78 is 16.0. The summed E-state index contributed by atoms with van der Waals surface area (Å²) >= 11 is 1.48. The van der Waals surface area contributed by atoms with Crippen molar-refractivity contribution >= 4 is 44.2 Å². The second kappa shape index (κ2) is 11.1. The summed E-state index contributed by atoms with van der Waals surface area (Å²) in [4.78, 5) is 28.6. The highest BCUT2D eigenvalue weighted by Gasteiger charge is 2.25. The van der Waals surface area contributed by atoms with Gasteiger partial charge in [-0.1, -0.05) is 69.7 Å². The first-order chi connectivity index (χ1) is 17.7. The molecule has 0 bridgehead atoms. The molecule has 3 aromatic carbocycles. The van der Waals surface area contributed by atoms with Crippen LogP contribution in [0.2, 0.25) is 0 Å². The van der Waals surface area contributed by atoms with E-state index in [0.717, 1.165) is 15.8 Å². The van der Waals surface area contributed by atoms with Gasteiger partial charge in [0.1, 0.15) is 11.9 Å². The van der Waals surface area contributed by atoms with E-state index in [1.54, 1.807) is 43.3 Å². The first kappa shape index (κ1) is 26.3. The van der Waals surface area contributed by atoms with Crippen molar-refractivity contribution < 1.29 is 19.1 Å². The number of aliphatic carboxylic acids is 1. The van der Waals surface area contributed by atoms with E-state index in [0.29, 0.717) is 34.3 Å². The number of carboxylic acids is 1. The van der Waals surface area contributed by atoms with Crippen LogP contribution in [0.25, 0.3) is 21.3 Å². The lowest BCUT2D eigenvalue weighted by Gasteiger charge is -2.20. The number of nitrogens with zero attached hydrogens (tertiary/aromatic N) is 1. The van der Waals surface area contributed by atoms with Crippen LogP contribution in [0.15, 0.2) is 60.7 Å². The Kier molecular flexibility index (Phi) is 7.88. The van der Waals surface area contributed by atoms with Crippen LogP contribution in [0.3, 0.4) is 0 Å². The van der Waals surface area contributed by atoms with Crippen molar-refractivity contribution in [1.29, 1.82) is 0 Å². The monoisotopic (exact) mass is 519 g/mol. The zero-order chi connectivity index (χ0) is 26.7. The van der Waals surface area contributed by atoms with Gasteiger partial charge in [-0.15, -0.1) is 0 Å². The lowest BCUT2D eigenvalue weighted by molar-refractivity contribution is -0.140. The Hall–Kier alpha value is -3.78. The second-order valence-electron chi connectivity index (χ2n) is 9.47. The Morgan fingerprint density at radius 3 is 2.32 bits per heavy atom. The molecule has 0 spiro atoms. The molecule has 0 aliphatic rings. The van der Waals surface area contributed by atoms with Crippen molar-refractivity contribution in [1.82, 2.24) is 10.3 Å². The SMILES string of the molecule is CC[C@H](C)[C@H](NC(=O)c1ccc(-c2ccc(Nc3nc4ccc(C(C)C)cc4s3)c(F)c2)cc1)C(=O)O. The fourth-order valence-electron chi connectivity index (χ4n) is 3.99. The molecule has 0 aliphatic carbocycles. The van der Waals surface area contributed by atoms with E-state index in [1.807, 2.05) is 13.0 Å². The summed E-state index contributed by atoms with van der Waals surface area (Å²) in [6.45, 7) is 7.95. The summed E-state index contributed by atoms with van der Waals surface area (Å²) in [7, 11) is 0. The lowest BCUT2D eigenvalue weighted by Crippen LogP contribution is -2.45. The number of anilines is 2. The molecule has 0 radical (unpaired) electrons. The first-order valence-electron chi connectivity index (χ1n) is 12.3. The molecule has 2 atom stereocenters. The van der Waals surface area contributed by atoms with Crippen LogP contribution >= 0.6 is 11.3 Å². The van der Waals surface area contributed by atoms with Gasteiger partial charge in [0.15, 0.2) is 5.13 Å². The van der Waals surface area contributed by atoms with Crippen LogP contribution in [0.5, 0.6) is 0 Å². The Labute approximate surface area is 219 Å². The van der Waals surface area contributed by atoms with Gasteiger partial charge < -0.3 is 15.7 Å². The normalized spacial score (nSPS) is 12.9. The Balaban J connectivity index is 1.47. The largest absolute Gasteiger partial charge is 0.480 e. The predicted molar refractivity (Wildman–Crippen MR) is 147 cm³/mol. The molecular formula is C29H30FN3O3S. The van der Waals surface area contributed by atoms with Crippen LogP contribution in [-0.4, -0.2) is 28.0 Å². The standard InChI is InChI=1S/C29H30FN3O3S/c1-5-17(4)26(28(35)36)33-27(34)19-8-6-18(7-9-19)21-11-12-23(22(30)14-21)31-29-32-24-13-10-20(16(2)3)15-25(24)37-29/h6-17,26H,5H2,1-4H3,(H,31,32)(H,33,34)(H,35,36)/t17-,26-/m0/s1. The summed E-state index contributed by atoms with van der Waals surface area (Å²) in [6.07, 6.45) is 0.630. The molecule has 1 amide bonds. The van der Waals surface area contributed by atoms with Crippen molar-refractivity contribution in [3.63, 3.8) is 0 Å². The molecule has 4 aromatic rings. The third-order valence-corrected chi connectivity index (χ3v) is 7.47. The van der Waals surface area contributed by atoms with Crippen molar-refractivity contribution in [3.05, 3.63) is 77.6 Å². The van der Waals surface area contributed by atoms with Gasteiger partial charge in [-0.2, -0.15) is 0 Å². The highest BCUT2D eigenvalue weighted by atomic mass is 32.1. The predicted octanol–water partition coefficient (Wildman–Crippen LogP) is 7.20. The molecule has 0 fully saturated rings. The maximum atomic E-state index is 15.0. The van der Waals surface area contributed by atoms with Crippen LogP contribution in [-0.2, 0) is 4.79 Å². The molecule has 0 saturated carbocycles. The van der Waals surface area contributed by atoms with Crippen molar-refractivity contribution in [2.24, 2.45) is 5.92 Å².